The molecule has 2 atom stereocenters. The van der Waals surface area contributed by atoms with Gasteiger partial charge in [-0.2, -0.15) is 0 Å². The lowest BCUT2D eigenvalue weighted by Gasteiger charge is -2.33. The van der Waals surface area contributed by atoms with Crippen LogP contribution >= 0.6 is 0 Å². The minimum atomic E-state index is -0.538. The molecule has 1 N–H and O–H groups in total. The Bertz CT molecular complexity index is 852. The van der Waals surface area contributed by atoms with Crippen LogP contribution in [0.3, 0.4) is 0 Å². The van der Waals surface area contributed by atoms with Crippen molar-refractivity contribution in [2.45, 2.75) is 72.8 Å². The lowest BCUT2D eigenvalue weighted by molar-refractivity contribution is -0.894. The van der Waals surface area contributed by atoms with Crippen molar-refractivity contribution in [2.75, 3.05) is 33.7 Å². The van der Waals surface area contributed by atoms with E-state index in [2.05, 4.69) is 55.3 Å². The maximum Gasteiger partial charge on any atom is 0.233 e. The van der Waals surface area contributed by atoms with Gasteiger partial charge in [0.2, 0.25) is 11.8 Å². The van der Waals surface area contributed by atoms with Gasteiger partial charge in [-0.25, -0.2) is 0 Å². The molecule has 1 heterocycles. The molecule has 0 spiro atoms. The number of carbonyl (C=O) groups excluding carboxylic acids is 2. The predicted octanol–water partition coefficient (Wildman–Crippen LogP) is 5.36. The van der Waals surface area contributed by atoms with E-state index in [1.54, 1.807) is 0 Å². The second kappa shape index (κ2) is 11.2. The Morgan fingerprint density at radius 3 is 2.35 bits per heavy atom. The molecule has 0 aromatic heterocycles. The summed E-state index contributed by atoms with van der Waals surface area (Å²) in [5, 5.41) is 10.6. The highest BCUT2D eigenvalue weighted by Crippen LogP contribution is 2.39. The second-order valence-corrected chi connectivity index (χ2v) is 12.9. The van der Waals surface area contributed by atoms with E-state index in [4.69, 9.17) is 0 Å². The molecular formula is C29H47N2O3+. The quantitative estimate of drug-likeness (QED) is 0.254. The fourth-order valence-electron chi connectivity index (χ4n) is 5.74. The van der Waals surface area contributed by atoms with Crippen LogP contribution in [0.15, 0.2) is 42.5 Å². The summed E-state index contributed by atoms with van der Waals surface area (Å²) >= 11 is 0. The Hall–Kier alpha value is -1.98. The molecule has 1 aromatic rings. The molecule has 1 aliphatic heterocycles. The Morgan fingerprint density at radius 1 is 1.15 bits per heavy atom. The van der Waals surface area contributed by atoms with E-state index in [1.807, 2.05) is 30.3 Å². The molecule has 0 aliphatic carbocycles. The van der Waals surface area contributed by atoms with E-state index < -0.39 is 6.10 Å². The van der Waals surface area contributed by atoms with Crippen LogP contribution in [-0.4, -0.2) is 60.0 Å². The number of hydrogen-bond donors (Lipinski definition) is 1. The summed E-state index contributed by atoms with van der Waals surface area (Å²) in [4.78, 5) is 27.0. The van der Waals surface area contributed by atoms with Crippen LogP contribution in [0, 0.1) is 16.7 Å². The maximum absolute atomic E-state index is 13.0. The molecule has 1 aromatic carbocycles. The molecule has 190 valence electrons. The summed E-state index contributed by atoms with van der Waals surface area (Å²) in [6.07, 6.45) is 3.03. The second-order valence-electron chi connectivity index (χ2n) is 12.9. The van der Waals surface area contributed by atoms with Gasteiger partial charge < -0.3 is 9.59 Å². The van der Waals surface area contributed by atoms with E-state index in [-0.39, 0.29) is 28.6 Å². The molecule has 1 saturated heterocycles. The molecule has 0 bridgehead atoms. The number of carbonyl (C=O) groups is 2. The molecule has 5 heteroatoms. The van der Waals surface area contributed by atoms with Gasteiger partial charge in [0.1, 0.15) is 12.6 Å². The third kappa shape index (κ3) is 8.99. The topological polar surface area (TPSA) is 57.6 Å². The third-order valence-electron chi connectivity index (χ3n) is 6.61. The number of amides is 2. The van der Waals surface area contributed by atoms with Gasteiger partial charge in [-0.15, -0.1) is 0 Å². The molecule has 2 amide bonds. The number of aliphatic hydroxyl groups is 1. The zero-order valence-corrected chi connectivity index (χ0v) is 22.6. The number of nitrogens with zero attached hydrogens (tertiary/aromatic N) is 2. The van der Waals surface area contributed by atoms with E-state index in [0.717, 1.165) is 36.9 Å². The molecule has 0 saturated carbocycles. The monoisotopic (exact) mass is 471 g/mol. The molecule has 2 unspecified atom stereocenters. The van der Waals surface area contributed by atoms with Crippen LogP contribution < -0.4 is 0 Å². The first-order valence-electron chi connectivity index (χ1n) is 12.6. The summed E-state index contributed by atoms with van der Waals surface area (Å²) in [6, 6.07) is 9.67. The summed E-state index contributed by atoms with van der Waals surface area (Å²) < 4.78 is 0.620. The van der Waals surface area contributed by atoms with Crippen LogP contribution in [-0.2, 0) is 9.59 Å². The number of likely N-dealkylation sites (tertiary alicyclic amines) is 1. The fraction of sp³-hybridized carbons (Fsp3) is 0.655. The van der Waals surface area contributed by atoms with Crippen molar-refractivity contribution < 1.29 is 19.2 Å². The standard InChI is InChI=1S/C29H47N2O3/c1-22(19-29(5,6)21-28(2,3)4)17-24-18-26(33)30(27(24)34)15-12-16-31(7,8)20-25(32)23-13-10-9-11-14-23/h9-11,13-14,24-25,32H,1,12,15-21H2,2-8H3/q+1. The highest BCUT2D eigenvalue weighted by molar-refractivity contribution is 6.03. The van der Waals surface area contributed by atoms with Gasteiger partial charge in [0, 0.05) is 19.4 Å². The Kier molecular flexibility index (Phi) is 9.29. The minimum absolute atomic E-state index is 0.0468. The number of quaternary nitrogens is 1. The average Bonchev–Trinajstić information content (AvgIpc) is 2.93. The van der Waals surface area contributed by atoms with Crippen LogP contribution in [0.5, 0.6) is 0 Å². The lowest BCUT2D eigenvalue weighted by atomic mass is 9.72. The Labute approximate surface area is 207 Å². The normalized spacial score (nSPS) is 18.5. The minimum Gasteiger partial charge on any atom is -0.382 e. The number of imide groups is 1. The number of benzene rings is 1. The van der Waals surface area contributed by atoms with Gasteiger partial charge in [0.05, 0.1) is 26.6 Å². The molecule has 34 heavy (non-hydrogen) atoms. The van der Waals surface area contributed by atoms with Crippen molar-refractivity contribution >= 4 is 11.8 Å². The summed E-state index contributed by atoms with van der Waals surface area (Å²) in [7, 11) is 4.15. The van der Waals surface area contributed by atoms with Gasteiger partial charge >= 0.3 is 0 Å². The molecule has 5 nitrogen and oxygen atoms in total. The van der Waals surface area contributed by atoms with E-state index in [0.29, 0.717) is 30.4 Å². The van der Waals surface area contributed by atoms with Crippen molar-refractivity contribution in [1.29, 1.82) is 0 Å². The van der Waals surface area contributed by atoms with E-state index >= 15 is 0 Å². The van der Waals surface area contributed by atoms with Crippen LogP contribution in [0.25, 0.3) is 0 Å². The zero-order valence-electron chi connectivity index (χ0n) is 22.6. The number of aliphatic hydroxyl groups excluding tert-OH is 1. The van der Waals surface area contributed by atoms with Gasteiger partial charge in [-0.1, -0.05) is 77.1 Å². The largest absolute Gasteiger partial charge is 0.382 e. The van der Waals surface area contributed by atoms with Crippen molar-refractivity contribution in [3.63, 3.8) is 0 Å². The average molecular weight is 472 g/mol. The predicted molar refractivity (Wildman–Crippen MR) is 139 cm³/mol. The Morgan fingerprint density at radius 2 is 1.76 bits per heavy atom. The van der Waals surface area contributed by atoms with Crippen LogP contribution in [0.2, 0.25) is 0 Å². The first-order chi connectivity index (χ1) is 15.6. The summed E-state index contributed by atoms with van der Waals surface area (Å²) in [5.74, 6) is -0.381. The van der Waals surface area contributed by atoms with E-state index in [9.17, 15) is 14.7 Å². The van der Waals surface area contributed by atoms with E-state index in [1.165, 1.54) is 4.90 Å². The molecule has 1 aliphatic rings. The molecule has 2 rings (SSSR count). The highest BCUT2D eigenvalue weighted by atomic mass is 16.3. The van der Waals surface area contributed by atoms with Crippen LogP contribution in [0.1, 0.15) is 78.4 Å². The smallest absolute Gasteiger partial charge is 0.233 e. The fourth-order valence-corrected chi connectivity index (χ4v) is 5.74. The van der Waals surface area contributed by atoms with Gasteiger partial charge in [-0.05, 0) is 35.7 Å². The number of likely N-dealkylation sites (N-methyl/N-ethyl adjacent to an activating group) is 1. The maximum atomic E-state index is 13.0. The molecular weight excluding hydrogens is 424 g/mol. The van der Waals surface area contributed by atoms with Gasteiger partial charge in [0.25, 0.3) is 0 Å². The number of allylic oxidation sites excluding steroid dienone is 1. The summed E-state index contributed by atoms with van der Waals surface area (Å²) in [5.41, 5.74) is 2.33. The lowest BCUT2D eigenvalue weighted by Crippen LogP contribution is -2.45. The first kappa shape index (κ1) is 28.3. The van der Waals surface area contributed by atoms with Gasteiger partial charge in [0.15, 0.2) is 0 Å². The zero-order chi connectivity index (χ0) is 25.7. The van der Waals surface area contributed by atoms with Crippen molar-refractivity contribution in [3.8, 4) is 0 Å². The third-order valence-corrected chi connectivity index (χ3v) is 6.61. The first-order valence-corrected chi connectivity index (χ1v) is 12.6. The molecule has 1 fully saturated rings. The SMILES string of the molecule is C=C(CC1CC(=O)N(CCC[N+](C)(C)CC(O)c2ccccc2)C1=O)CC(C)(C)CC(C)(C)C. The van der Waals surface area contributed by atoms with Gasteiger partial charge in [-0.3, -0.25) is 14.5 Å². The highest BCUT2D eigenvalue weighted by Gasteiger charge is 2.39. The summed E-state index contributed by atoms with van der Waals surface area (Å²) in [6.45, 7) is 17.3. The Balaban J connectivity index is 1.83. The van der Waals surface area contributed by atoms with Crippen molar-refractivity contribution in [1.82, 2.24) is 4.90 Å². The number of hydrogen-bond acceptors (Lipinski definition) is 3. The van der Waals surface area contributed by atoms with Crippen molar-refractivity contribution in [3.05, 3.63) is 48.0 Å². The van der Waals surface area contributed by atoms with Crippen LogP contribution in [0.4, 0.5) is 0 Å². The molecule has 0 radical (unpaired) electrons. The number of rotatable bonds is 12. The van der Waals surface area contributed by atoms with Crippen molar-refractivity contribution in [2.24, 2.45) is 16.7 Å².